The molecule has 3 heterocycles. The molecule has 1 aliphatic heterocycles. The van der Waals surface area contributed by atoms with E-state index in [2.05, 4.69) is 15.1 Å². The molecule has 1 amide bonds. The van der Waals surface area contributed by atoms with Gasteiger partial charge in [0, 0.05) is 17.7 Å². The fourth-order valence-corrected chi connectivity index (χ4v) is 3.66. The third-order valence-corrected chi connectivity index (χ3v) is 5.05. The Hall–Kier alpha value is -3.00. The van der Waals surface area contributed by atoms with Crippen LogP contribution in [-0.2, 0) is 4.79 Å². The van der Waals surface area contributed by atoms with Crippen LogP contribution in [0.1, 0.15) is 25.2 Å². The van der Waals surface area contributed by atoms with Crippen LogP contribution in [0.15, 0.2) is 58.6 Å². The Bertz CT molecular complexity index is 1070. The number of carbonyl (C=O) groups excluding carboxylic acids is 1. The van der Waals surface area contributed by atoms with E-state index in [9.17, 15) is 9.59 Å². The molecular formula is C19H18N5O2S+. The predicted octanol–water partition coefficient (Wildman–Crippen LogP) is 2.14. The van der Waals surface area contributed by atoms with Gasteiger partial charge < -0.3 is 0 Å². The Morgan fingerprint density at radius 2 is 2.04 bits per heavy atom. The molecule has 1 N–H and O–H groups in total. The van der Waals surface area contributed by atoms with Crippen molar-refractivity contribution in [1.29, 1.82) is 0 Å². The summed E-state index contributed by atoms with van der Waals surface area (Å²) in [6, 6.07) is 12.9. The highest BCUT2D eigenvalue weighted by Gasteiger charge is 2.45. The van der Waals surface area contributed by atoms with Crippen LogP contribution >= 0.6 is 11.8 Å². The molecule has 4 rings (SSSR count). The molecule has 7 nitrogen and oxygen atoms in total. The monoisotopic (exact) mass is 380 g/mol. The number of benzene rings is 1. The van der Waals surface area contributed by atoms with E-state index in [0.717, 1.165) is 0 Å². The lowest BCUT2D eigenvalue weighted by molar-refractivity contribution is -0.763. The molecule has 3 aromatic rings. The van der Waals surface area contributed by atoms with E-state index in [1.165, 1.54) is 11.8 Å². The van der Waals surface area contributed by atoms with Gasteiger partial charge in [-0.3, -0.25) is 19.6 Å². The largest absolute Gasteiger partial charge is 0.325 e. The number of para-hydroxylation sites is 1. The van der Waals surface area contributed by atoms with Crippen molar-refractivity contribution in [3.8, 4) is 11.3 Å². The molecule has 0 unspecified atom stereocenters. The summed E-state index contributed by atoms with van der Waals surface area (Å²) < 4.78 is 1.61. The first kappa shape index (κ1) is 17.4. The number of aromatic nitrogens is 4. The van der Waals surface area contributed by atoms with Gasteiger partial charge in [-0.05, 0) is 35.2 Å². The highest BCUT2D eigenvalue weighted by molar-refractivity contribution is 7.98. The SMILES string of the molecule is CCC(=O)N1c2ccccc2-c2c(=O)[nH]c(SC)n[n+]2[C@@H]1c1ccccn1. The zero-order valence-electron chi connectivity index (χ0n) is 14.9. The second-order valence-corrected chi connectivity index (χ2v) is 6.81. The molecule has 136 valence electrons. The molecule has 0 saturated heterocycles. The van der Waals surface area contributed by atoms with Crippen molar-refractivity contribution in [2.24, 2.45) is 0 Å². The molecule has 8 heteroatoms. The molecule has 0 aliphatic carbocycles. The topological polar surface area (TPSA) is 82.8 Å². The Morgan fingerprint density at radius 1 is 1.26 bits per heavy atom. The maximum absolute atomic E-state index is 12.9. The van der Waals surface area contributed by atoms with Gasteiger partial charge in [-0.15, -0.1) is 0 Å². The van der Waals surface area contributed by atoms with E-state index < -0.39 is 6.17 Å². The third kappa shape index (κ3) is 2.82. The Morgan fingerprint density at radius 3 is 2.74 bits per heavy atom. The van der Waals surface area contributed by atoms with Crippen LogP contribution in [0, 0.1) is 0 Å². The van der Waals surface area contributed by atoms with E-state index >= 15 is 0 Å². The number of nitrogens with one attached hydrogen (secondary N) is 1. The zero-order chi connectivity index (χ0) is 19.0. The average Bonchev–Trinajstić information content (AvgIpc) is 2.72. The highest BCUT2D eigenvalue weighted by atomic mass is 32.2. The molecule has 1 aliphatic rings. The van der Waals surface area contributed by atoms with E-state index in [4.69, 9.17) is 0 Å². The van der Waals surface area contributed by atoms with Crippen molar-refractivity contribution in [3.05, 3.63) is 64.7 Å². The van der Waals surface area contributed by atoms with Crippen molar-refractivity contribution in [1.82, 2.24) is 15.1 Å². The van der Waals surface area contributed by atoms with Gasteiger partial charge in [0.1, 0.15) is 5.69 Å². The van der Waals surface area contributed by atoms with Crippen molar-refractivity contribution in [2.75, 3.05) is 11.2 Å². The number of carbonyl (C=O) groups is 1. The van der Waals surface area contributed by atoms with Crippen LogP contribution in [-0.4, -0.2) is 27.2 Å². The van der Waals surface area contributed by atoms with Gasteiger partial charge in [0.05, 0.1) is 11.3 Å². The van der Waals surface area contributed by atoms with Crippen molar-refractivity contribution < 1.29 is 9.48 Å². The zero-order valence-corrected chi connectivity index (χ0v) is 15.7. The minimum atomic E-state index is -0.628. The Balaban J connectivity index is 2.09. The van der Waals surface area contributed by atoms with Gasteiger partial charge in [-0.2, -0.15) is 0 Å². The first-order valence-electron chi connectivity index (χ1n) is 8.58. The number of rotatable bonds is 3. The summed E-state index contributed by atoms with van der Waals surface area (Å²) in [7, 11) is 0. The summed E-state index contributed by atoms with van der Waals surface area (Å²) in [5.41, 5.74) is 2.17. The number of aromatic amines is 1. The number of thioether (sulfide) groups is 1. The van der Waals surface area contributed by atoms with E-state index in [0.29, 0.717) is 34.2 Å². The number of anilines is 1. The first-order valence-corrected chi connectivity index (χ1v) is 9.80. The van der Waals surface area contributed by atoms with Gasteiger partial charge in [0.15, 0.2) is 0 Å². The van der Waals surface area contributed by atoms with Crippen LogP contribution in [0.3, 0.4) is 0 Å². The molecule has 1 aromatic carbocycles. The summed E-state index contributed by atoms with van der Waals surface area (Å²) in [6.07, 6.45) is 3.21. The number of H-pyrrole nitrogens is 1. The first-order chi connectivity index (χ1) is 13.2. The van der Waals surface area contributed by atoms with E-state index in [1.807, 2.05) is 55.6 Å². The van der Waals surface area contributed by atoms with Crippen LogP contribution in [0.2, 0.25) is 0 Å². The van der Waals surface area contributed by atoms with Crippen molar-refractivity contribution >= 4 is 23.4 Å². The molecule has 1 atom stereocenters. The lowest BCUT2D eigenvalue weighted by atomic mass is 10.0. The van der Waals surface area contributed by atoms with E-state index in [-0.39, 0.29) is 11.5 Å². The minimum Gasteiger partial charge on any atom is -0.291 e. The van der Waals surface area contributed by atoms with E-state index in [1.54, 1.807) is 15.8 Å². The molecule has 0 saturated carbocycles. The summed E-state index contributed by atoms with van der Waals surface area (Å²) in [4.78, 5) is 34.7. The Labute approximate surface area is 160 Å². The molecule has 0 spiro atoms. The molecule has 0 bridgehead atoms. The quantitative estimate of drug-likeness (QED) is 0.556. The highest BCUT2D eigenvalue weighted by Crippen LogP contribution is 2.36. The fourth-order valence-electron chi connectivity index (χ4n) is 3.30. The number of fused-ring (bicyclic) bond motifs is 3. The van der Waals surface area contributed by atoms with Crippen molar-refractivity contribution in [3.63, 3.8) is 0 Å². The van der Waals surface area contributed by atoms with Crippen LogP contribution in [0.4, 0.5) is 5.69 Å². The number of amides is 1. The number of hydrogen-bond donors (Lipinski definition) is 1. The number of nitrogens with zero attached hydrogens (tertiary/aromatic N) is 4. The maximum atomic E-state index is 12.9. The standard InChI is InChI=1S/C19H17N5O2S/c1-3-15(25)23-14-10-5-4-8-12(14)16-17(26)21-19(27-2)22-24(16)18(23)13-9-6-7-11-20-13/h4-11,18H,3H2,1-2H3/p+1/t18-/m1/s1. The normalized spacial score (nSPS) is 15.2. The number of pyridine rings is 1. The maximum Gasteiger partial charge on any atom is 0.325 e. The molecular weight excluding hydrogens is 362 g/mol. The third-order valence-electron chi connectivity index (χ3n) is 4.47. The summed E-state index contributed by atoms with van der Waals surface area (Å²) >= 11 is 1.34. The average molecular weight is 380 g/mol. The van der Waals surface area contributed by atoms with Crippen LogP contribution in [0.5, 0.6) is 0 Å². The lowest BCUT2D eigenvalue weighted by Gasteiger charge is -2.31. The molecule has 0 fully saturated rings. The fraction of sp³-hybridized carbons (Fsp3) is 0.211. The predicted molar refractivity (Wildman–Crippen MR) is 102 cm³/mol. The number of hydrogen-bond acceptors (Lipinski definition) is 5. The summed E-state index contributed by atoms with van der Waals surface area (Å²) in [5, 5.41) is 5.09. The van der Waals surface area contributed by atoms with Gasteiger partial charge in [-0.1, -0.05) is 36.9 Å². The molecule has 27 heavy (non-hydrogen) atoms. The Kier molecular flexibility index (Phi) is 4.49. The molecule has 2 aromatic heterocycles. The van der Waals surface area contributed by atoms with Crippen LogP contribution < -0.4 is 15.1 Å². The van der Waals surface area contributed by atoms with Gasteiger partial charge >= 0.3 is 17.4 Å². The van der Waals surface area contributed by atoms with Crippen LogP contribution in [0.25, 0.3) is 11.3 Å². The van der Waals surface area contributed by atoms with Crippen molar-refractivity contribution in [2.45, 2.75) is 24.7 Å². The van der Waals surface area contributed by atoms with Gasteiger partial charge in [0.2, 0.25) is 11.1 Å². The second-order valence-electron chi connectivity index (χ2n) is 6.02. The van der Waals surface area contributed by atoms with Gasteiger partial charge in [-0.25, -0.2) is 4.90 Å². The smallest absolute Gasteiger partial charge is 0.291 e. The minimum absolute atomic E-state index is 0.0657. The summed E-state index contributed by atoms with van der Waals surface area (Å²) in [5.74, 6) is -0.0657. The molecule has 0 radical (unpaired) electrons. The second kappa shape index (κ2) is 6.96. The van der Waals surface area contributed by atoms with Gasteiger partial charge in [0.25, 0.3) is 0 Å². The summed E-state index contributed by atoms with van der Waals surface area (Å²) in [6.45, 7) is 1.82. The lowest BCUT2D eigenvalue weighted by Crippen LogP contribution is -2.61.